The predicted octanol–water partition coefficient (Wildman–Crippen LogP) is 3.52. The van der Waals surface area contributed by atoms with Crippen molar-refractivity contribution in [2.45, 2.75) is 45.3 Å². The van der Waals surface area contributed by atoms with E-state index in [1.807, 2.05) is 24.4 Å². The molecule has 2 atom stereocenters. The van der Waals surface area contributed by atoms with Crippen LogP contribution >= 0.6 is 0 Å². The van der Waals surface area contributed by atoms with E-state index >= 15 is 0 Å². The zero-order chi connectivity index (χ0) is 14.2. The molecule has 1 heterocycles. The van der Waals surface area contributed by atoms with E-state index in [2.05, 4.69) is 31.0 Å². The van der Waals surface area contributed by atoms with Gasteiger partial charge in [0.25, 0.3) is 0 Å². The lowest BCUT2D eigenvalue weighted by Crippen LogP contribution is -2.46. The van der Waals surface area contributed by atoms with Crippen LogP contribution in [0.25, 0.3) is 10.9 Å². The van der Waals surface area contributed by atoms with Gasteiger partial charge in [-0.2, -0.15) is 0 Å². The number of fused-ring (bicyclic) bond motifs is 1. The van der Waals surface area contributed by atoms with Gasteiger partial charge in [-0.15, -0.1) is 0 Å². The molecule has 106 valence electrons. The highest BCUT2D eigenvalue weighted by atomic mass is 16.5. The van der Waals surface area contributed by atoms with Gasteiger partial charge in [0.1, 0.15) is 11.9 Å². The molecule has 2 N–H and O–H groups in total. The van der Waals surface area contributed by atoms with Crippen molar-refractivity contribution in [1.82, 2.24) is 4.98 Å². The Morgan fingerprint density at radius 3 is 3.00 bits per heavy atom. The van der Waals surface area contributed by atoms with Gasteiger partial charge in [0.05, 0.1) is 5.52 Å². The summed E-state index contributed by atoms with van der Waals surface area (Å²) in [4.78, 5) is 4.37. The van der Waals surface area contributed by atoms with Crippen LogP contribution in [0.5, 0.6) is 5.75 Å². The van der Waals surface area contributed by atoms with Crippen molar-refractivity contribution in [2.24, 2.45) is 11.1 Å². The first kappa shape index (κ1) is 13.4. The van der Waals surface area contributed by atoms with Gasteiger partial charge in [0, 0.05) is 23.7 Å². The van der Waals surface area contributed by atoms with Gasteiger partial charge in [-0.1, -0.05) is 19.9 Å². The number of pyridine rings is 1. The SMILES string of the molecule is CC1(C)CCC(N)C(Oc2ccc3cccnc3c2)C1. The number of aromatic nitrogens is 1. The van der Waals surface area contributed by atoms with E-state index in [0.717, 1.165) is 29.5 Å². The second-order valence-electron chi connectivity index (χ2n) is 6.59. The third-order valence-electron chi connectivity index (χ3n) is 4.25. The average molecular weight is 270 g/mol. The summed E-state index contributed by atoms with van der Waals surface area (Å²) in [5.74, 6) is 0.870. The Morgan fingerprint density at radius 1 is 1.30 bits per heavy atom. The fraction of sp³-hybridized carbons (Fsp3) is 0.471. The molecule has 0 radical (unpaired) electrons. The lowest BCUT2D eigenvalue weighted by Gasteiger charge is -2.39. The van der Waals surface area contributed by atoms with Crippen molar-refractivity contribution in [2.75, 3.05) is 0 Å². The maximum atomic E-state index is 6.22. The molecule has 0 amide bonds. The monoisotopic (exact) mass is 270 g/mol. The van der Waals surface area contributed by atoms with Crippen LogP contribution in [0, 0.1) is 5.41 Å². The van der Waals surface area contributed by atoms with Crippen LogP contribution in [0.3, 0.4) is 0 Å². The van der Waals surface area contributed by atoms with Crippen molar-refractivity contribution in [1.29, 1.82) is 0 Å². The van der Waals surface area contributed by atoms with Crippen molar-refractivity contribution in [3.05, 3.63) is 36.5 Å². The maximum Gasteiger partial charge on any atom is 0.122 e. The van der Waals surface area contributed by atoms with Crippen molar-refractivity contribution in [3.63, 3.8) is 0 Å². The molecule has 0 aliphatic heterocycles. The standard InChI is InChI=1S/C17H22N2O/c1-17(2)8-7-14(18)16(11-17)20-13-6-5-12-4-3-9-19-15(12)10-13/h3-6,9-10,14,16H,7-8,11,18H2,1-2H3. The molecule has 3 heteroatoms. The molecule has 1 aliphatic carbocycles. The number of hydrogen-bond donors (Lipinski definition) is 1. The van der Waals surface area contributed by atoms with Gasteiger partial charge in [-0.25, -0.2) is 0 Å². The summed E-state index contributed by atoms with van der Waals surface area (Å²) in [6.45, 7) is 4.58. The molecule has 3 nitrogen and oxygen atoms in total. The number of ether oxygens (including phenoxy) is 1. The van der Waals surface area contributed by atoms with Crippen LogP contribution in [0.2, 0.25) is 0 Å². The zero-order valence-electron chi connectivity index (χ0n) is 12.2. The number of nitrogens with two attached hydrogens (primary N) is 1. The van der Waals surface area contributed by atoms with Crippen LogP contribution < -0.4 is 10.5 Å². The molecule has 0 bridgehead atoms. The first-order valence-corrected chi connectivity index (χ1v) is 7.31. The van der Waals surface area contributed by atoms with E-state index in [-0.39, 0.29) is 12.1 Å². The molecular formula is C17H22N2O. The molecule has 3 rings (SSSR count). The molecule has 0 spiro atoms. The first-order chi connectivity index (χ1) is 9.53. The molecule has 1 aromatic carbocycles. The lowest BCUT2D eigenvalue weighted by atomic mass is 9.74. The molecule has 20 heavy (non-hydrogen) atoms. The van der Waals surface area contributed by atoms with Crippen molar-refractivity contribution >= 4 is 10.9 Å². The van der Waals surface area contributed by atoms with Crippen LogP contribution in [-0.2, 0) is 0 Å². The van der Waals surface area contributed by atoms with Gasteiger partial charge in [0.2, 0.25) is 0 Å². The van der Waals surface area contributed by atoms with Crippen LogP contribution in [0.1, 0.15) is 33.1 Å². The molecular weight excluding hydrogens is 248 g/mol. The molecule has 2 unspecified atom stereocenters. The summed E-state index contributed by atoms with van der Waals surface area (Å²) in [7, 11) is 0. The third-order valence-corrected chi connectivity index (χ3v) is 4.25. The van der Waals surface area contributed by atoms with E-state index in [1.165, 1.54) is 6.42 Å². The van der Waals surface area contributed by atoms with Gasteiger partial charge in [-0.05, 0) is 42.9 Å². The summed E-state index contributed by atoms with van der Waals surface area (Å²) >= 11 is 0. The molecule has 2 aromatic rings. The molecule has 1 aromatic heterocycles. The fourth-order valence-corrected chi connectivity index (χ4v) is 2.96. The maximum absolute atomic E-state index is 6.22. The molecule has 1 aliphatic rings. The van der Waals surface area contributed by atoms with Crippen LogP contribution in [0.15, 0.2) is 36.5 Å². The molecule has 0 saturated heterocycles. The topological polar surface area (TPSA) is 48.1 Å². The largest absolute Gasteiger partial charge is 0.489 e. The number of nitrogens with zero attached hydrogens (tertiary/aromatic N) is 1. The smallest absolute Gasteiger partial charge is 0.122 e. The summed E-state index contributed by atoms with van der Waals surface area (Å²) in [6.07, 6.45) is 5.12. The average Bonchev–Trinajstić information content (AvgIpc) is 2.43. The van der Waals surface area contributed by atoms with Gasteiger partial charge in [0.15, 0.2) is 0 Å². The van der Waals surface area contributed by atoms with Gasteiger partial charge in [-0.3, -0.25) is 4.98 Å². The molecule has 1 fully saturated rings. The van der Waals surface area contributed by atoms with E-state index in [4.69, 9.17) is 10.5 Å². The quantitative estimate of drug-likeness (QED) is 0.908. The Kier molecular flexibility index (Phi) is 3.38. The molecule has 1 saturated carbocycles. The summed E-state index contributed by atoms with van der Waals surface area (Å²) in [6, 6.07) is 10.2. The minimum atomic E-state index is 0.0971. The van der Waals surface area contributed by atoms with Gasteiger partial charge >= 0.3 is 0 Å². The summed E-state index contributed by atoms with van der Waals surface area (Å²) < 4.78 is 6.15. The van der Waals surface area contributed by atoms with Crippen LogP contribution in [0.4, 0.5) is 0 Å². The second kappa shape index (κ2) is 5.06. The minimum absolute atomic E-state index is 0.0971. The van der Waals surface area contributed by atoms with E-state index in [1.54, 1.807) is 0 Å². The third kappa shape index (κ3) is 2.78. The summed E-state index contributed by atoms with van der Waals surface area (Å²) in [5, 5.41) is 1.13. The van der Waals surface area contributed by atoms with Crippen molar-refractivity contribution in [3.8, 4) is 5.75 Å². The highest BCUT2D eigenvalue weighted by Gasteiger charge is 2.34. The normalized spacial score (nSPS) is 25.6. The Bertz CT molecular complexity index is 609. The minimum Gasteiger partial charge on any atom is -0.489 e. The Morgan fingerprint density at radius 2 is 2.15 bits per heavy atom. The Balaban J connectivity index is 1.81. The fourth-order valence-electron chi connectivity index (χ4n) is 2.96. The highest BCUT2D eigenvalue weighted by molar-refractivity contribution is 5.79. The van der Waals surface area contributed by atoms with E-state index in [9.17, 15) is 0 Å². The van der Waals surface area contributed by atoms with Crippen molar-refractivity contribution < 1.29 is 4.74 Å². The lowest BCUT2D eigenvalue weighted by molar-refractivity contribution is 0.0670. The zero-order valence-corrected chi connectivity index (χ0v) is 12.2. The number of hydrogen-bond acceptors (Lipinski definition) is 3. The summed E-state index contributed by atoms with van der Waals surface area (Å²) in [5.41, 5.74) is 7.50. The highest BCUT2D eigenvalue weighted by Crippen LogP contribution is 2.36. The van der Waals surface area contributed by atoms with E-state index in [0.29, 0.717) is 5.41 Å². The number of benzene rings is 1. The Hall–Kier alpha value is -1.61. The van der Waals surface area contributed by atoms with Crippen LogP contribution in [-0.4, -0.2) is 17.1 Å². The predicted molar refractivity (Wildman–Crippen MR) is 81.8 cm³/mol. The van der Waals surface area contributed by atoms with E-state index < -0.39 is 0 Å². The second-order valence-corrected chi connectivity index (χ2v) is 6.59. The Labute approximate surface area is 120 Å². The van der Waals surface area contributed by atoms with Gasteiger partial charge < -0.3 is 10.5 Å². The first-order valence-electron chi connectivity index (χ1n) is 7.31. The number of rotatable bonds is 2.